The van der Waals surface area contributed by atoms with E-state index < -0.39 is 6.10 Å². The lowest BCUT2D eigenvalue weighted by Gasteiger charge is -2.07. The second kappa shape index (κ2) is 5.88. The first-order valence-corrected chi connectivity index (χ1v) is 6.88. The number of rotatable bonds is 4. The van der Waals surface area contributed by atoms with Crippen molar-refractivity contribution in [3.8, 4) is 23.8 Å². The van der Waals surface area contributed by atoms with E-state index in [0.29, 0.717) is 18.3 Å². The van der Waals surface area contributed by atoms with E-state index in [1.54, 1.807) is 25.6 Å². The van der Waals surface area contributed by atoms with Crippen molar-refractivity contribution in [1.82, 2.24) is 14.5 Å². The zero-order valence-corrected chi connectivity index (χ0v) is 12.1. The van der Waals surface area contributed by atoms with Crippen LogP contribution in [0.5, 0.6) is 0 Å². The van der Waals surface area contributed by atoms with Gasteiger partial charge in [0, 0.05) is 23.5 Å². The Morgan fingerprint density at radius 3 is 2.82 bits per heavy atom. The number of terminal acetylenes is 1. The molecule has 1 aromatic carbocycles. The van der Waals surface area contributed by atoms with Crippen LogP contribution in [0.25, 0.3) is 11.5 Å². The third-order valence-electron chi connectivity index (χ3n) is 3.30. The quantitative estimate of drug-likeness (QED) is 0.751. The summed E-state index contributed by atoms with van der Waals surface area (Å²) in [5.41, 5.74) is 2.44. The smallest absolute Gasteiger partial charge is 0.226 e. The molecule has 5 nitrogen and oxygen atoms in total. The molecule has 0 amide bonds. The predicted octanol–water partition coefficient (Wildman–Crippen LogP) is 2.62. The molecule has 0 fully saturated rings. The highest BCUT2D eigenvalue weighted by Gasteiger charge is 2.12. The maximum atomic E-state index is 9.66. The first kappa shape index (κ1) is 14.1. The van der Waals surface area contributed by atoms with Gasteiger partial charge in [0.25, 0.3) is 0 Å². The number of nitrogens with zero attached hydrogens (tertiary/aromatic N) is 3. The summed E-state index contributed by atoms with van der Waals surface area (Å²) in [6.07, 6.45) is 9.78. The molecule has 110 valence electrons. The molecule has 2 aromatic heterocycles. The predicted molar refractivity (Wildman–Crippen MR) is 81.8 cm³/mol. The zero-order valence-electron chi connectivity index (χ0n) is 12.1. The van der Waals surface area contributed by atoms with Gasteiger partial charge in [-0.25, -0.2) is 9.97 Å². The minimum absolute atomic E-state index is 0.492. The van der Waals surface area contributed by atoms with Crippen molar-refractivity contribution < 1.29 is 9.52 Å². The summed E-state index contributed by atoms with van der Waals surface area (Å²) in [5, 5.41) is 9.66. The largest absolute Gasteiger partial charge is 0.444 e. The summed E-state index contributed by atoms with van der Waals surface area (Å²) in [7, 11) is 0. The first-order chi connectivity index (χ1) is 10.7. The van der Waals surface area contributed by atoms with Gasteiger partial charge in [0.15, 0.2) is 0 Å². The molecular formula is C17H15N3O2. The lowest BCUT2D eigenvalue weighted by atomic mass is 10.1. The lowest BCUT2D eigenvalue weighted by molar-refractivity contribution is 0.184. The molecule has 5 heteroatoms. The van der Waals surface area contributed by atoms with Gasteiger partial charge in [-0.05, 0) is 31.2 Å². The third-order valence-corrected chi connectivity index (χ3v) is 3.30. The second-order valence-electron chi connectivity index (χ2n) is 4.95. The molecule has 0 aliphatic rings. The molecule has 22 heavy (non-hydrogen) atoms. The van der Waals surface area contributed by atoms with Gasteiger partial charge in [0.1, 0.15) is 18.2 Å². The summed E-state index contributed by atoms with van der Waals surface area (Å²) < 4.78 is 7.36. The summed E-state index contributed by atoms with van der Waals surface area (Å²) in [4.78, 5) is 8.59. The summed E-state index contributed by atoms with van der Waals surface area (Å²) in [5.74, 6) is 3.71. The van der Waals surface area contributed by atoms with E-state index >= 15 is 0 Å². The Morgan fingerprint density at radius 2 is 2.14 bits per heavy atom. The number of benzene rings is 1. The van der Waals surface area contributed by atoms with Crippen LogP contribution in [0.1, 0.15) is 30.1 Å². The minimum Gasteiger partial charge on any atom is -0.444 e. The van der Waals surface area contributed by atoms with Gasteiger partial charge in [0.05, 0.1) is 12.2 Å². The fourth-order valence-corrected chi connectivity index (χ4v) is 2.22. The van der Waals surface area contributed by atoms with Crippen molar-refractivity contribution in [3.05, 3.63) is 60.0 Å². The van der Waals surface area contributed by atoms with Crippen molar-refractivity contribution >= 4 is 0 Å². The molecular weight excluding hydrogens is 278 g/mol. The van der Waals surface area contributed by atoms with Crippen molar-refractivity contribution in [2.75, 3.05) is 0 Å². The highest BCUT2D eigenvalue weighted by molar-refractivity contribution is 5.55. The normalized spacial score (nSPS) is 12.0. The fourth-order valence-electron chi connectivity index (χ4n) is 2.22. The van der Waals surface area contributed by atoms with Gasteiger partial charge >= 0.3 is 0 Å². The first-order valence-electron chi connectivity index (χ1n) is 6.88. The molecule has 3 rings (SSSR count). The average molecular weight is 293 g/mol. The Morgan fingerprint density at radius 1 is 1.36 bits per heavy atom. The maximum absolute atomic E-state index is 9.66. The summed E-state index contributed by atoms with van der Waals surface area (Å²) >= 11 is 0. The lowest BCUT2D eigenvalue weighted by Crippen LogP contribution is -2.07. The van der Waals surface area contributed by atoms with Crippen LogP contribution in [0.4, 0.5) is 0 Å². The number of oxazole rings is 1. The number of imidazole rings is 1. The molecule has 0 spiro atoms. The second-order valence-corrected chi connectivity index (χ2v) is 4.95. The van der Waals surface area contributed by atoms with Crippen LogP contribution in [-0.2, 0) is 6.54 Å². The molecule has 1 N–H and O–H groups in total. The number of aliphatic hydroxyl groups excluding tert-OH is 1. The third kappa shape index (κ3) is 2.78. The van der Waals surface area contributed by atoms with Crippen molar-refractivity contribution in [2.24, 2.45) is 0 Å². The molecule has 0 radical (unpaired) electrons. The Balaban J connectivity index is 1.81. The van der Waals surface area contributed by atoms with E-state index in [2.05, 4.69) is 15.9 Å². The van der Waals surface area contributed by atoms with Gasteiger partial charge in [-0.15, -0.1) is 6.42 Å². The van der Waals surface area contributed by atoms with Crippen LogP contribution in [-0.4, -0.2) is 19.6 Å². The average Bonchev–Trinajstić information content (AvgIpc) is 3.17. The number of hydrogen-bond acceptors (Lipinski definition) is 4. The molecule has 0 saturated heterocycles. The van der Waals surface area contributed by atoms with Gasteiger partial charge in [0.2, 0.25) is 5.89 Å². The Hall–Kier alpha value is -2.84. The molecule has 1 atom stereocenters. The number of aliphatic hydroxyl groups is 1. The van der Waals surface area contributed by atoms with E-state index in [1.165, 1.54) is 0 Å². The zero-order chi connectivity index (χ0) is 15.5. The van der Waals surface area contributed by atoms with Crippen LogP contribution in [0.3, 0.4) is 0 Å². The molecule has 0 saturated carbocycles. The molecule has 2 heterocycles. The molecule has 0 aliphatic carbocycles. The van der Waals surface area contributed by atoms with Crippen molar-refractivity contribution in [1.29, 1.82) is 0 Å². The Bertz CT molecular complexity index is 807. The van der Waals surface area contributed by atoms with Gasteiger partial charge in [-0.1, -0.05) is 5.92 Å². The standard InChI is InChI=1S/C17H15N3O2/c1-3-13-4-6-14(7-5-13)17-19-15(11-22-17)10-20-9-8-18-16(20)12(2)21/h1,4-9,11-12,21H,10H2,2H3. The van der Waals surface area contributed by atoms with Crippen LogP contribution in [0, 0.1) is 12.3 Å². The van der Waals surface area contributed by atoms with E-state index in [1.807, 2.05) is 28.8 Å². The minimum atomic E-state index is -0.627. The summed E-state index contributed by atoms with van der Waals surface area (Å²) in [6.45, 7) is 2.17. The van der Waals surface area contributed by atoms with Crippen LogP contribution < -0.4 is 0 Å². The van der Waals surface area contributed by atoms with Crippen LogP contribution in [0.15, 0.2) is 47.3 Å². The van der Waals surface area contributed by atoms with E-state index in [0.717, 1.165) is 16.8 Å². The van der Waals surface area contributed by atoms with Crippen molar-refractivity contribution in [2.45, 2.75) is 19.6 Å². The van der Waals surface area contributed by atoms with E-state index in [-0.39, 0.29) is 0 Å². The van der Waals surface area contributed by atoms with Crippen molar-refractivity contribution in [3.63, 3.8) is 0 Å². The van der Waals surface area contributed by atoms with E-state index in [9.17, 15) is 5.11 Å². The number of aromatic nitrogens is 3. The van der Waals surface area contributed by atoms with Crippen LogP contribution in [0.2, 0.25) is 0 Å². The molecule has 0 bridgehead atoms. The monoisotopic (exact) mass is 293 g/mol. The SMILES string of the molecule is C#Cc1ccc(-c2nc(Cn3ccnc3C(C)O)co2)cc1. The van der Waals surface area contributed by atoms with Crippen LogP contribution >= 0.6 is 0 Å². The number of hydrogen-bond donors (Lipinski definition) is 1. The Labute approximate surface area is 128 Å². The highest BCUT2D eigenvalue weighted by Crippen LogP contribution is 2.20. The highest BCUT2D eigenvalue weighted by atomic mass is 16.3. The van der Waals surface area contributed by atoms with Gasteiger partial charge in [-0.2, -0.15) is 0 Å². The molecule has 1 unspecified atom stereocenters. The molecule has 3 aromatic rings. The fraction of sp³-hybridized carbons (Fsp3) is 0.176. The molecule has 0 aliphatic heterocycles. The Kier molecular flexibility index (Phi) is 3.77. The van der Waals surface area contributed by atoms with Gasteiger partial charge in [-0.3, -0.25) is 0 Å². The topological polar surface area (TPSA) is 64.1 Å². The van der Waals surface area contributed by atoms with E-state index in [4.69, 9.17) is 10.8 Å². The summed E-state index contributed by atoms with van der Waals surface area (Å²) in [6, 6.07) is 7.45. The maximum Gasteiger partial charge on any atom is 0.226 e. The van der Waals surface area contributed by atoms with Gasteiger partial charge < -0.3 is 14.1 Å².